The number of hydrogen-bond donors (Lipinski definition) is 0. The molecule has 0 saturated heterocycles. The van der Waals surface area contributed by atoms with Gasteiger partial charge in [0.2, 0.25) is 0 Å². The van der Waals surface area contributed by atoms with E-state index in [1.165, 1.54) is 6.26 Å². The van der Waals surface area contributed by atoms with Gasteiger partial charge in [-0.25, -0.2) is 8.42 Å². The van der Waals surface area contributed by atoms with Crippen molar-refractivity contribution >= 4 is 9.84 Å². The summed E-state index contributed by atoms with van der Waals surface area (Å²) in [6.45, 7) is 7.46. The molecule has 0 unspecified atom stereocenters. The van der Waals surface area contributed by atoms with Gasteiger partial charge in [-0.3, -0.25) is 0 Å². The Hall–Kier alpha value is -0.0900. The first-order valence-corrected chi connectivity index (χ1v) is 5.44. The summed E-state index contributed by atoms with van der Waals surface area (Å²) < 4.78 is 26.3. The van der Waals surface area contributed by atoms with Crippen LogP contribution in [0.1, 0.15) is 13.8 Å². The van der Waals surface area contributed by atoms with Crippen LogP contribution >= 0.6 is 0 Å². The predicted molar refractivity (Wildman–Crippen MR) is 45.1 cm³/mol. The van der Waals surface area contributed by atoms with Crippen LogP contribution in [0.5, 0.6) is 0 Å². The summed E-state index contributed by atoms with van der Waals surface area (Å²) in [5, 5.41) is 0. The van der Waals surface area contributed by atoms with Gasteiger partial charge in [-0.2, -0.15) is 0 Å². The second kappa shape index (κ2) is 3.54. The average molecular weight is 179 g/mol. The first kappa shape index (κ1) is 10.9. The van der Waals surface area contributed by atoms with Gasteiger partial charge in [0.15, 0.2) is 0 Å². The zero-order valence-electron chi connectivity index (χ0n) is 7.25. The van der Waals surface area contributed by atoms with Crippen molar-refractivity contribution in [3.63, 3.8) is 0 Å². The molecule has 1 radical (unpaired) electrons. The van der Waals surface area contributed by atoms with E-state index in [0.29, 0.717) is 0 Å². The average Bonchev–Trinajstić information content (AvgIpc) is 1.55. The van der Waals surface area contributed by atoms with E-state index in [4.69, 9.17) is 4.74 Å². The molecule has 11 heavy (non-hydrogen) atoms. The molecule has 0 aromatic carbocycles. The molecule has 67 valence electrons. The van der Waals surface area contributed by atoms with Crippen molar-refractivity contribution in [3.05, 3.63) is 6.92 Å². The molecule has 0 N–H and O–H groups in total. The SMILES string of the molecule is [CH2]C(C)(C)OCCS(C)(=O)=O. The first-order chi connectivity index (χ1) is 4.71. The highest BCUT2D eigenvalue weighted by atomic mass is 32.2. The Morgan fingerprint density at radius 1 is 1.45 bits per heavy atom. The molecule has 0 saturated carbocycles. The third kappa shape index (κ3) is 9.91. The second-order valence-electron chi connectivity index (χ2n) is 3.24. The van der Waals surface area contributed by atoms with Crippen LogP contribution in [0.4, 0.5) is 0 Å². The molecule has 3 nitrogen and oxygen atoms in total. The Bertz CT molecular complexity index is 198. The Morgan fingerprint density at radius 2 is 1.91 bits per heavy atom. The van der Waals surface area contributed by atoms with Crippen molar-refractivity contribution in [3.8, 4) is 0 Å². The fourth-order valence-electron chi connectivity index (χ4n) is 0.469. The van der Waals surface area contributed by atoms with Gasteiger partial charge in [-0.05, 0) is 20.8 Å². The topological polar surface area (TPSA) is 43.4 Å². The monoisotopic (exact) mass is 179 g/mol. The smallest absolute Gasteiger partial charge is 0.149 e. The van der Waals surface area contributed by atoms with Crippen molar-refractivity contribution in [1.29, 1.82) is 0 Å². The van der Waals surface area contributed by atoms with E-state index >= 15 is 0 Å². The molecular formula is C7H15O3S. The van der Waals surface area contributed by atoms with Crippen LogP contribution in [0.15, 0.2) is 0 Å². The molecule has 0 fully saturated rings. The Morgan fingerprint density at radius 3 is 2.18 bits per heavy atom. The maximum Gasteiger partial charge on any atom is 0.149 e. The molecule has 0 aromatic heterocycles. The van der Waals surface area contributed by atoms with Gasteiger partial charge in [0.1, 0.15) is 9.84 Å². The summed E-state index contributed by atoms with van der Waals surface area (Å²) in [5.41, 5.74) is -0.495. The number of ether oxygens (including phenoxy) is 1. The van der Waals surface area contributed by atoms with Gasteiger partial charge < -0.3 is 4.74 Å². The second-order valence-corrected chi connectivity index (χ2v) is 5.50. The molecule has 0 rings (SSSR count). The highest BCUT2D eigenvalue weighted by molar-refractivity contribution is 7.90. The van der Waals surface area contributed by atoms with Crippen LogP contribution in [-0.2, 0) is 14.6 Å². The molecule has 4 heteroatoms. The minimum Gasteiger partial charge on any atom is -0.375 e. The van der Waals surface area contributed by atoms with Crippen LogP contribution in [0, 0.1) is 6.92 Å². The van der Waals surface area contributed by atoms with Crippen molar-refractivity contribution in [2.24, 2.45) is 0 Å². The molecule has 0 bridgehead atoms. The van der Waals surface area contributed by atoms with Gasteiger partial charge >= 0.3 is 0 Å². The molecule has 0 heterocycles. The van der Waals surface area contributed by atoms with Gasteiger partial charge in [-0.15, -0.1) is 0 Å². The number of rotatable bonds is 4. The van der Waals surface area contributed by atoms with E-state index < -0.39 is 15.4 Å². The highest BCUT2D eigenvalue weighted by Gasteiger charge is 2.11. The van der Waals surface area contributed by atoms with Crippen LogP contribution in [-0.4, -0.2) is 32.6 Å². The lowest BCUT2D eigenvalue weighted by Crippen LogP contribution is -2.23. The summed E-state index contributed by atoms with van der Waals surface area (Å²) >= 11 is 0. The quantitative estimate of drug-likeness (QED) is 0.636. The minimum absolute atomic E-state index is 0.0615. The van der Waals surface area contributed by atoms with Crippen LogP contribution < -0.4 is 0 Å². The molecule has 0 amide bonds. The maximum absolute atomic E-state index is 10.6. The fraction of sp³-hybridized carbons (Fsp3) is 0.857. The third-order valence-electron chi connectivity index (χ3n) is 0.947. The van der Waals surface area contributed by atoms with Crippen molar-refractivity contribution < 1.29 is 13.2 Å². The lowest BCUT2D eigenvalue weighted by Gasteiger charge is -2.18. The van der Waals surface area contributed by atoms with Gasteiger partial charge in [-0.1, -0.05) is 0 Å². The van der Waals surface area contributed by atoms with E-state index in [0.717, 1.165) is 0 Å². The fourth-order valence-corrected chi connectivity index (χ4v) is 0.855. The van der Waals surface area contributed by atoms with Gasteiger partial charge in [0, 0.05) is 6.26 Å². The summed E-state index contributed by atoms with van der Waals surface area (Å²) in [6, 6.07) is 0. The lowest BCUT2D eigenvalue weighted by molar-refractivity contribution is 0.0274. The predicted octanol–water partition coefficient (Wildman–Crippen LogP) is 0.660. The molecule has 0 spiro atoms. The number of hydrogen-bond acceptors (Lipinski definition) is 3. The summed E-state index contributed by atoms with van der Waals surface area (Å²) in [5.74, 6) is 0.0615. The van der Waals surface area contributed by atoms with Crippen LogP contribution in [0.3, 0.4) is 0 Å². The highest BCUT2D eigenvalue weighted by Crippen LogP contribution is 2.05. The van der Waals surface area contributed by atoms with Crippen molar-refractivity contribution in [2.75, 3.05) is 18.6 Å². The maximum atomic E-state index is 10.6. The van der Waals surface area contributed by atoms with Crippen LogP contribution in [0.2, 0.25) is 0 Å². The normalized spacial score (nSPS) is 13.5. The Kier molecular flexibility index (Phi) is 3.51. The first-order valence-electron chi connectivity index (χ1n) is 3.38. The van der Waals surface area contributed by atoms with E-state index in [1.54, 1.807) is 13.8 Å². The third-order valence-corrected chi connectivity index (χ3v) is 1.86. The standard InChI is InChI=1S/C7H15O3S/c1-7(2,3)10-5-6-11(4,8)9/h1,5-6H2,2-4H3. The molecule has 0 aliphatic rings. The van der Waals surface area contributed by atoms with E-state index in [1.807, 2.05) is 0 Å². The van der Waals surface area contributed by atoms with E-state index in [-0.39, 0.29) is 12.4 Å². The number of sulfone groups is 1. The van der Waals surface area contributed by atoms with Crippen molar-refractivity contribution in [1.82, 2.24) is 0 Å². The molecular weight excluding hydrogens is 164 g/mol. The molecule has 0 aliphatic carbocycles. The summed E-state index contributed by atoms with van der Waals surface area (Å²) in [6.07, 6.45) is 1.19. The largest absolute Gasteiger partial charge is 0.375 e. The molecule has 0 aliphatic heterocycles. The Labute approximate surface area is 68.7 Å². The van der Waals surface area contributed by atoms with E-state index in [2.05, 4.69) is 6.92 Å². The lowest BCUT2D eigenvalue weighted by atomic mass is 10.2. The van der Waals surface area contributed by atoms with Gasteiger partial charge in [0.05, 0.1) is 18.0 Å². The van der Waals surface area contributed by atoms with Crippen molar-refractivity contribution in [2.45, 2.75) is 19.4 Å². The summed E-state index contributed by atoms with van der Waals surface area (Å²) in [4.78, 5) is 0. The zero-order chi connectivity index (χ0) is 9.12. The van der Waals surface area contributed by atoms with Crippen LogP contribution in [0.25, 0.3) is 0 Å². The molecule has 0 atom stereocenters. The Balaban J connectivity index is 3.61. The summed E-state index contributed by atoms with van der Waals surface area (Å²) in [7, 11) is -2.90. The van der Waals surface area contributed by atoms with Gasteiger partial charge in [0.25, 0.3) is 0 Å². The van der Waals surface area contributed by atoms with E-state index in [9.17, 15) is 8.42 Å². The molecule has 0 aromatic rings. The zero-order valence-corrected chi connectivity index (χ0v) is 8.07. The minimum atomic E-state index is -2.90.